The lowest BCUT2D eigenvalue weighted by Crippen LogP contribution is -2.22. The average molecular weight is 451 g/mol. The first-order valence-corrected chi connectivity index (χ1v) is 11.2. The Balaban J connectivity index is 1.74. The molecule has 1 aliphatic heterocycles. The molecule has 0 saturated heterocycles. The average Bonchev–Trinajstić information content (AvgIpc) is 3.16. The van der Waals surface area contributed by atoms with E-state index in [1.54, 1.807) is 17.0 Å². The molecule has 0 aromatic heterocycles. The predicted molar refractivity (Wildman–Crippen MR) is 132 cm³/mol. The van der Waals surface area contributed by atoms with Crippen molar-refractivity contribution in [2.24, 2.45) is 0 Å². The van der Waals surface area contributed by atoms with Crippen molar-refractivity contribution in [3.8, 4) is 0 Å². The van der Waals surface area contributed by atoms with Crippen LogP contribution in [0.3, 0.4) is 0 Å². The third-order valence-electron chi connectivity index (χ3n) is 5.37. The van der Waals surface area contributed by atoms with Crippen LogP contribution in [0.2, 0.25) is 0 Å². The third-order valence-corrected chi connectivity index (χ3v) is 6.51. The van der Waals surface area contributed by atoms with Crippen LogP contribution in [0.5, 0.6) is 0 Å². The fourth-order valence-electron chi connectivity index (χ4n) is 3.85. The first kappa shape index (κ1) is 20.7. The maximum absolute atomic E-state index is 13.5. The highest BCUT2D eigenvalue weighted by Crippen LogP contribution is 2.47. The van der Waals surface area contributed by atoms with E-state index in [1.807, 2.05) is 84.9 Å². The maximum Gasteiger partial charge on any atom is 0.269 e. The van der Waals surface area contributed by atoms with Gasteiger partial charge in [0.2, 0.25) is 0 Å². The summed E-state index contributed by atoms with van der Waals surface area (Å²) in [5.74, 6) is -0.0791. The molecule has 5 rings (SSSR count). The van der Waals surface area contributed by atoms with E-state index >= 15 is 0 Å². The van der Waals surface area contributed by atoms with E-state index in [1.165, 1.54) is 23.9 Å². The zero-order valence-corrected chi connectivity index (χ0v) is 18.2. The first-order valence-electron chi connectivity index (χ1n) is 10.3. The van der Waals surface area contributed by atoms with E-state index < -0.39 is 4.92 Å². The summed E-state index contributed by atoms with van der Waals surface area (Å²) in [6.45, 7) is 0. The van der Waals surface area contributed by atoms with E-state index in [2.05, 4.69) is 0 Å². The molecule has 0 radical (unpaired) electrons. The highest BCUT2D eigenvalue weighted by atomic mass is 32.2. The van der Waals surface area contributed by atoms with Gasteiger partial charge in [-0.05, 0) is 35.9 Å². The highest BCUT2D eigenvalue weighted by molar-refractivity contribution is 8.08. The van der Waals surface area contributed by atoms with Crippen molar-refractivity contribution in [3.05, 3.63) is 136 Å². The highest BCUT2D eigenvalue weighted by Gasteiger charge is 2.35. The van der Waals surface area contributed by atoms with Crippen molar-refractivity contribution < 1.29 is 9.72 Å². The maximum atomic E-state index is 13.5. The lowest BCUT2D eigenvalue weighted by molar-refractivity contribution is -0.384. The monoisotopic (exact) mass is 450 g/mol. The van der Waals surface area contributed by atoms with Gasteiger partial charge in [0.25, 0.3) is 11.6 Å². The van der Waals surface area contributed by atoms with Crippen molar-refractivity contribution in [3.63, 3.8) is 0 Å². The van der Waals surface area contributed by atoms with Gasteiger partial charge in [0.05, 0.1) is 10.6 Å². The van der Waals surface area contributed by atoms with Crippen LogP contribution in [0, 0.1) is 10.1 Å². The Morgan fingerprint density at radius 3 is 1.94 bits per heavy atom. The Hall–Kier alpha value is -4.16. The number of anilines is 1. The Morgan fingerprint density at radius 1 is 0.727 bits per heavy atom. The van der Waals surface area contributed by atoms with Crippen molar-refractivity contribution in [2.75, 3.05) is 4.90 Å². The molecule has 0 aliphatic carbocycles. The van der Waals surface area contributed by atoms with Crippen molar-refractivity contribution in [1.29, 1.82) is 0 Å². The molecule has 0 saturated carbocycles. The SMILES string of the molecule is O=C1c2ccccc2/C(=C(\Sc2ccc([N+](=O)[O-])cc2)c2ccccc2)N1c1ccccc1. The van der Waals surface area contributed by atoms with Crippen LogP contribution in [0.1, 0.15) is 21.5 Å². The molecular weight excluding hydrogens is 432 g/mol. The topological polar surface area (TPSA) is 63.4 Å². The summed E-state index contributed by atoms with van der Waals surface area (Å²) in [6, 6.07) is 33.6. The summed E-state index contributed by atoms with van der Waals surface area (Å²) in [5.41, 5.74) is 4.10. The number of hydrogen-bond acceptors (Lipinski definition) is 4. The van der Waals surface area contributed by atoms with Crippen molar-refractivity contribution >= 4 is 39.6 Å². The Kier molecular flexibility index (Phi) is 5.50. The minimum Gasteiger partial charge on any atom is -0.275 e. The summed E-state index contributed by atoms with van der Waals surface area (Å²) >= 11 is 1.49. The van der Waals surface area contributed by atoms with Gasteiger partial charge in [-0.3, -0.25) is 19.8 Å². The van der Waals surface area contributed by atoms with Crippen LogP contribution < -0.4 is 4.90 Å². The number of amides is 1. The largest absolute Gasteiger partial charge is 0.275 e. The molecule has 0 atom stereocenters. The zero-order valence-electron chi connectivity index (χ0n) is 17.4. The van der Waals surface area contributed by atoms with Crippen LogP contribution in [0.15, 0.2) is 114 Å². The molecule has 0 fully saturated rings. The van der Waals surface area contributed by atoms with Gasteiger partial charge in [0.15, 0.2) is 0 Å². The number of nitro groups is 1. The first-order chi connectivity index (χ1) is 16.1. The number of non-ortho nitro benzene ring substituents is 1. The van der Waals surface area contributed by atoms with Crippen molar-refractivity contribution in [1.82, 2.24) is 0 Å². The number of carbonyl (C=O) groups is 1. The molecule has 33 heavy (non-hydrogen) atoms. The molecule has 0 N–H and O–H groups in total. The van der Waals surface area contributed by atoms with Crippen LogP contribution >= 0.6 is 11.8 Å². The van der Waals surface area contributed by atoms with Gasteiger partial charge >= 0.3 is 0 Å². The molecule has 1 heterocycles. The van der Waals surface area contributed by atoms with Gasteiger partial charge in [0, 0.05) is 38.7 Å². The van der Waals surface area contributed by atoms with Crippen LogP contribution in [0.4, 0.5) is 11.4 Å². The van der Waals surface area contributed by atoms with Crippen molar-refractivity contribution in [2.45, 2.75) is 4.90 Å². The Labute approximate surface area is 195 Å². The molecule has 1 aliphatic rings. The van der Waals surface area contributed by atoms with Crippen LogP contribution in [0.25, 0.3) is 10.6 Å². The number of hydrogen-bond donors (Lipinski definition) is 0. The Morgan fingerprint density at radius 2 is 1.30 bits per heavy atom. The van der Waals surface area contributed by atoms with E-state index in [4.69, 9.17) is 0 Å². The lowest BCUT2D eigenvalue weighted by atomic mass is 10.1. The molecule has 0 bridgehead atoms. The second-order valence-electron chi connectivity index (χ2n) is 7.42. The van der Waals surface area contributed by atoms with Gasteiger partial charge in [0.1, 0.15) is 0 Å². The summed E-state index contributed by atoms with van der Waals surface area (Å²) in [7, 11) is 0. The molecule has 4 aromatic rings. The lowest BCUT2D eigenvalue weighted by Gasteiger charge is -2.22. The normalized spacial score (nSPS) is 14.2. The van der Waals surface area contributed by atoms with Gasteiger partial charge in [-0.25, -0.2) is 0 Å². The fourth-order valence-corrected chi connectivity index (χ4v) is 4.91. The van der Waals surface area contributed by atoms with Gasteiger partial charge in [-0.15, -0.1) is 0 Å². The molecule has 1 amide bonds. The van der Waals surface area contributed by atoms with Crippen LogP contribution in [-0.2, 0) is 0 Å². The minimum atomic E-state index is -0.409. The number of fused-ring (bicyclic) bond motifs is 1. The number of nitrogens with zero attached hydrogens (tertiary/aromatic N) is 2. The van der Waals surface area contributed by atoms with Crippen LogP contribution in [-0.4, -0.2) is 10.8 Å². The van der Waals surface area contributed by atoms with E-state index in [0.29, 0.717) is 5.56 Å². The van der Waals surface area contributed by atoms with E-state index in [-0.39, 0.29) is 11.6 Å². The summed E-state index contributed by atoms with van der Waals surface area (Å²) in [5, 5.41) is 11.1. The molecule has 0 spiro atoms. The molecule has 0 unspecified atom stereocenters. The third kappa shape index (κ3) is 3.92. The molecular formula is C27H18N2O3S. The molecule has 6 heteroatoms. The second kappa shape index (κ2) is 8.76. The number of rotatable bonds is 5. The van der Waals surface area contributed by atoms with Gasteiger partial charge in [-0.1, -0.05) is 78.5 Å². The molecule has 5 nitrogen and oxygen atoms in total. The number of thioether (sulfide) groups is 1. The zero-order chi connectivity index (χ0) is 22.8. The Bertz CT molecular complexity index is 1370. The minimum absolute atomic E-state index is 0.0422. The fraction of sp³-hybridized carbons (Fsp3) is 0. The van der Waals surface area contributed by atoms with Gasteiger partial charge < -0.3 is 0 Å². The standard InChI is InChI=1S/C27H18N2O3S/c30-27-24-14-8-7-13-23(24)25(28(27)20-11-5-2-6-12-20)26(19-9-3-1-4-10-19)33-22-17-15-21(16-18-22)29(31)32/h1-18H/b26-25+. The molecule has 160 valence electrons. The molecule has 4 aromatic carbocycles. The number of nitro benzene ring substituents is 1. The summed E-state index contributed by atoms with van der Waals surface area (Å²) < 4.78 is 0. The van der Waals surface area contributed by atoms with E-state index in [9.17, 15) is 14.9 Å². The number of carbonyl (C=O) groups excluding carboxylic acids is 1. The van der Waals surface area contributed by atoms with Gasteiger partial charge in [-0.2, -0.15) is 0 Å². The predicted octanol–water partition coefficient (Wildman–Crippen LogP) is 6.87. The summed E-state index contributed by atoms with van der Waals surface area (Å²) in [6.07, 6.45) is 0. The smallest absolute Gasteiger partial charge is 0.269 e. The number of benzene rings is 4. The summed E-state index contributed by atoms with van der Waals surface area (Å²) in [4.78, 5) is 27.7. The quantitative estimate of drug-likeness (QED) is 0.189. The second-order valence-corrected chi connectivity index (χ2v) is 8.50. The van der Waals surface area contributed by atoms with E-state index in [0.717, 1.165) is 32.3 Å². The number of para-hydroxylation sites is 1.